The van der Waals surface area contributed by atoms with Crippen molar-refractivity contribution in [2.45, 2.75) is 64.7 Å². The van der Waals surface area contributed by atoms with Crippen LogP contribution in [0.3, 0.4) is 0 Å². The molecule has 1 saturated heterocycles. The van der Waals surface area contributed by atoms with E-state index in [2.05, 4.69) is 26.1 Å². The Morgan fingerprint density at radius 1 is 1.50 bits per heavy atom. The number of rotatable bonds is 6. The maximum Gasteiger partial charge on any atom is 0.0743 e. The predicted molar refractivity (Wildman–Crippen MR) is 66.5 cm³/mol. The van der Waals surface area contributed by atoms with E-state index in [0.717, 1.165) is 25.9 Å². The van der Waals surface area contributed by atoms with E-state index in [-0.39, 0.29) is 6.10 Å². The van der Waals surface area contributed by atoms with Crippen LogP contribution in [0.1, 0.15) is 47.0 Å². The molecule has 0 bridgehead atoms. The van der Waals surface area contributed by atoms with Crippen LogP contribution in [0.4, 0.5) is 0 Å². The van der Waals surface area contributed by atoms with Gasteiger partial charge in [0.05, 0.1) is 11.7 Å². The number of aliphatic hydroxyl groups is 1. The summed E-state index contributed by atoms with van der Waals surface area (Å²) in [5, 5.41) is 13.6. The number of ether oxygens (including phenoxy) is 1. The predicted octanol–water partition coefficient (Wildman–Crippen LogP) is 1.94. The lowest BCUT2D eigenvalue weighted by atomic mass is 9.95. The summed E-state index contributed by atoms with van der Waals surface area (Å²) < 4.78 is 5.48. The molecular formula is C13H27NO2. The highest BCUT2D eigenvalue weighted by Gasteiger charge is 2.27. The van der Waals surface area contributed by atoms with Gasteiger partial charge < -0.3 is 15.2 Å². The van der Waals surface area contributed by atoms with Crippen molar-refractivity contribution >= 4 is 0 Å². The van der Waals surface area contributed by atoms with Crippen molar-refractivity contribution in [1.82, 2.24) is 5.32 Å². The average Bonchev–Trinajstić information content (AvgIpc) is 2.59. The lowest BCUT2D eigenvalue weighted by molar-refractivity contribution is 0.0383. The van der Waals surface area contributed by atoms with E-state index in [4.69, 9.17) is 4.74 Å². The molecule has 3 heteroatoms. The Morgan fingerprint density at radius 3 is 2.69 bits per heavy atom. The Bertz CT molecular complexity index is 204. The van der Waals surface area contributed by atoms with Crippen molar-refractivity contribution in [3.05, 3.63) is 0 Å². The van der Waals surface area contributed by atoms with Crippen LogP contribution in [0.5, 0.6) is 0 Å². The molecule has 0 spiro atoms. The molecule has 0 aromatic rings. The molecule has 1 fully saturated rings. The summed E-state index contributed by atoms with van der Waals surface area (Å²) in [4.78, 5) is 0. The molecule has 3 nitrogen and oxygen atoms in total. The molecule has 0 radical (unpaired) electrons. The average molecular weight is 229 g/mol. The molecule has 1 aliphatic heterocycles. The van der Waals surface area contributed by atoms with E-state index in [1.165, 1.54) is 0 Å². The Kier molecular flexibility index (Phi) is 5.22. The van der Waals surface area contributed by atoms with Gasteiger partial charge in [-0.05, 0) is 39.0 Å². The largest absolute Gasteiger partial charge is 0.389 e. The molecule has 96 valence electrons. The molecule has 0 saturated carbocycles. The van der Waals surface area contributed by atoms with Crippen LogP contribution in [0, 0.1) is 5.92 Å². The fourth-order valence-corrected chi connectivity index (χ4v) is 2.04. The topological polar surface area (TPSA) is 41.5 Å². The maximum atomic E-state index is 10.2. The maximum absolute atomic E-state index is 10.2. The van der Waals surface area contributed by atoms with Crippen molar-refractivity contribution in [2.24, 2.45) is 5.92 Å². The Balaban J connectivity index is 2.24. The van der Waals surface area contributed by atoms with Crippen molar-refractivity contribution in [1.29, 1.82) is 0 Å². The Labute approximate surface area is 99.6 Å². The lowest BCUT2D eigenvalue weighted by Crippen LogP contribution is -2.45. The molecule has 0 aliphatic carbocycles. The highest BCUT2D eigenvalue weighted by atomic mass is 16.5. The lowest BCUT2D eigenvalue weighted by Gasteiger charge is -2.27. The third kappa shape index (κ3) is 4.81. The van der Waals surface area contributed by atoms with Crippen molar-refractivity contribution in [3.63, 3.8) is 0 Å². The first-order chi connectivity index (χ1) is 7.41. The fourth-order valence-electron chi connectivity index (χ4n) is 2.04. The van der Waals surface area contributed by atoms with E-state index >= 15 is 0 Å². The molecule has 3 unspecified atom stereocenters. The summed E-state index contributed by atoms with van der Waals surface area (Å²) in [5.41, 5.74) is -0.591. The van der Waals surface area contributed by atoms with Crippen molar-refractivity contribution < 1.29 is 9.84 Å². The molecule has 2 N–H and O–H groups in total. The zero-order valence-electron chi connectivity index (χ0n) is 11.1. The molecule has 1 heterocycles. The first-order valence-electron chi connectivity index (χ1n) is 6.48. The standard InChI is InChI=1S/C13H27NO2/c1-10(2)5-7-13(4,15)9-14-12-6-8-16-11(12)3/h10-12,14-15H,5-9H2,1-4H3. The Morgan fingerprint density at radius 2 is 2.19 bits per heavy atom. The second-order valence-electron chi connectivity index (χ2n) is 5.78. The monoisotopic (exact) mass is 229 g/mol. The molecule has 3 atom stereocenters. The highest BCUT2D eigenvalue weighted by molar-refractivity contribution is 4.84. The van der Waals surface area contributed by atoms with E-state index in [1.54, 1.807) is 0 Å². The fraction of sp³-hybridized carbons (Fsp3) is 1.00. The normalized spacial score (nSPS) is 29.6. The van der Waals surface area contributed by atoms with Gasteiger partial charge in [-0.25, -0.2) is 0 Å². The highest BCUT2D eigenvalue weighted by Crippen LogP contribution is 2.18. The van der Waals surface area contributed by atoms with Gasteiger partial charge in [0.25, 0.3) is 0 Å². The third-order valence-electron chi connectivity index (χ3n) is 3.38. The molecule has 0 aromatic carbocycles. The van der Waals surface area contributed by atoms with Gasteiger partial charge in [0.1, 0.15) is 0 Å². The zero-order valence-corrected chi connectivity index (χ0v) is 11.1. The van der Waals surface area contributed by atoms with Crippen LogP contribution in [0.25, 0.3) is 0 Å². The zero-order chi connectivity index (χ0) is 12.2. The summed E-state index contributed by atoms with van der Waals surface area (Å²) in [6.07, 6.45) is 3.27. The van der Waals surface area contributed by atoms with Gasteiger partial charge in [0.15, 0.2) is 0 Å². The number of nitrogens with one attached hydrogen (secondary N) is 1. The van der Waals surface area contributed by atoms with Gasteiger partial charge >= 0.3 is 0 Å². The molecular weight excluding hydrogens is 202 g/mol. The van der Waals surface area contributed by atoms with Gasteiger partial charge in [0, 0.05) is 19.2 Å². The van der Waals surface area contributed by atoms with Crippen molar-refractivity contribution in [3.8, 4) is 0 Å². The van der Waals surface area contributed by atoms with Crippen LogP contribution >= 0.6 is 0 Å². The van der Waals surface area contributed by atoms with Gasteiger partial charge in [-0.2, -0.15) is 0 Å². The summed E-state index contributed by atoms with van der Waals surface area (Å²) >= 11 is 0. The SMILES string of the molecule is CC(C)CCC(C)(O)CNC1CCOC1C. The quantitative estimate of drug-likeness (QED) is 0.731. The second kappa shape index (κ2) is 5.99. The Hall–Kier alpha value is -0.120. The van der Waals surface area contributed by atoms with E-state index in [1.807, 2.05) is 6.92 Å². The molecule has 1 rings (SSSR count). The van der Waals surface area contributed by atoms with Crippen LogP contribution in [-0.4, -0.2) is 36.0 Å². The van der Waals surface area contributed by atoms with Gasteiger partial charge in [-0.15, -0.1) is 0 Å². The molecule has 0 aromatic heterocycles. The number of hydrogen-bond acceptors (Lipinski definition) is 3. The molecule has 1 aliphatic rings. The van der Waals surface area contributed by atoms with Crippen molar-refractivity contribution in [2.75, 3.05) is 13.2 Å². The van der Waals surface area contributed by atoms with Gasteiger partial charge in [-0.3, -0.25) is 0 Å². The summed E-state index contributed by atoms with van der Waals surface area (Å²) in [7, 11) is 0. The van der Waals surface area contributed by atoms with Crippen LogP contribution < -0.4 is 5.32 Å². The second-order valence-corrected chi connectivity index (χ2v) is 5.78. The van der Waals surface area contributed by atoms with Crippen LogP contribution in [0.2, 0.25) is 0 Å². The first kappa shape index (κ1) is 13.9. The molecule has 16 heavy (non-hydrogen) atoms. The minimum absolute atomic E-state index is 0.279. The number of hydrogen-bond donors (Lipinski definition) is 2. The summed E-state index contributed by atoms with van der Waals surface area (Å²) in [6, 6.07) is 0.408. The smallest absolute Gasteiger partial charge is 0.0743 e. The van der Waals surface area contributed by atoms with Gasteiger partial charge in [-0.1, -0.05) is 13.8 Å². The van der Waals surface area contributed by atoms with E-state index in [9.17, 15) is 5.11 Å². The van der Waals surface area contributed by atoms with E-state index < -0.39 is 5.60 Å². The summed E-state index contributed by atoms with van der Waals surface area (Å²) in [6.45, 7) is 9.90. The van der Waals surface area contributed by atoms with E-state index in [0.29, 0.717) is 18.5 Å². The molecule has 0 amide bonds. The third-order valence-corrected chi connectivity index (χ3v) is 3.38. The minimum Gasteiger partial charge on any atom is -0.389 e. The first-order valence-corrected chi connectivity index (χ1v) is 6.48. The minimum atomic E-state index is -0.591. The van der Waals surface area contributed by atoms with Crippen LogP contribution in [0.15, 0.2) is 0 Å². The van der Waals surface area contributed by atoms with Crippen LogP contribution in [-0.2, 0) is 4.74 Å². The summed E-state index contributed by atoms with van der Waals surface area (Å²) in [5.74, 6) is 0.653. The van der Waals surface area contributed by atoms with Gasteiger partial charge in [0.2, 0.25) is 0 Å².